The average Bonchev–Trinajstić information content (AvgIpc) is 2.34. The summed E-state index contributed by atoms with van der Waals surface area (Å²) in [7, 11) is 0. The van der Waals surface area contributed by atoms with Crippen LogP contribution in [-0.4, -0.2) is 6.54 Å². The SMILES string of the molecule is CCCC(NCC(C)C(C)(C)C)c1ccccc1. The summed E-state index contributed by atoms with van der Waals surface area (Å²) in [6.45, 7) is 12.6. The maximum Gasteiger partial charge on any atom is 0.0320 e. The topological polar surface area (TPSA) is 12.0 Å². The molecule has 0 aliphatic heterocycles. The van der Waals surface area contributed by atoms with Gasteiger partial charge in [0.1, 0.15) is 0 Å². The van der Waals surface area contributed by atoms with Gasteiger partial charge in [-0.1, -0.05) is 71.4 Å². The van der Waals surface area contributed by atoms with E-state index < -0.39 is 0 Å². The van der Waals surface area contributed by atoms with E-state index in [1.54, 1.807) is 0 Å². The number of hydrogen-bond acceptors (Lipinski definition) is 1. The highest BCUT2D eigenvalue weighted by Crippen LogP contribution is 2.26. The van der Waals surface area contributed by atoms with Crippen molar-refractivity contribution in [2.75, 3.05) is 6.54 Å². The van der Waals surface area contributed by atoms with E-state index in [2.05, 4.69) is 70.3 Å². The Labute approximate surface area is 113 Å². The van der Waals surface area contributed by atoms with Gasteiger partial charge in [-0.25, -0.2) is 0 Å². The molecule has 1 rings (SSSR count). The molecule has 0 amide bonds. The van der Waals surface area contributed by atoms with Gasteiger partial charge in [-0.2, -0.15) is 0 Å². The molecule has 0 aliphatic rings. The molecule has 0 spiro atoms. The standard InChI is InChI=1S/C17H29N/c1-6-10-16(15-11-8-7-9-12-15)18-13-14(2)17(3,4)5/h7-9,11-12,14,16,18H,6,10,13H2,1-5H3. The number of rotatable bonds is 6. The van der Waals surface area contributed by atoms with Gasteiger partial charge in [0.15, 0.2) is 0 Å². The molecular weight excluding hydrogens is 218 g/mol. The Morgan fingerprint density at radius 2 is 1.72 bits per heavy atom. The van der Waals surface area contributed by atoms with Gasteiger partial charge in [0.2, 0.25) is 0 Å². The zero-order chi connectivity index (χ0) is 13.6. The molecule has 1 aromatic carbocycles. The van der Waals surface area contributed by atoms with Crippen molar-refractivity contribution in [3.63, 3.8) is 0 Å². The Bertz CT molecular complexity index is 323. The molecule has 0 saturated carbocycles. The molecule has 2 unspecified atom stereocenters. The summed E-state index contributed by atoms with van der Waals surface area (Å²) in [6, 6.07) is 11.3. The van der Waals surface area contributed by atoms with E-state index in [1.165, 1.54) is 18.4 Å². The maximum absolute atomic E-state index is 3.74. The van der Waals surface area contributed by atoms with Gasteiger partial charge in [0.25, 0.3) is 0 Å². The minimum Gasteiger partial charge on any atom is -0.310 e. The zero-order valence-corrected chi connectivity index (χ0v) is 12.7. The lowest BCUT2D eigenvalue weighted by molar-refractivity contribution is 0.243. The van der Waals surface area contributed by atoms with E-state index >= 15 is 0 Å². The Morgan fingerprint density at radius 1 is 1.11 bits per heavy atom. The van der Waals surface area contributed by atoms with Gasteiger partial charge in [-0.3, -0.25) is 0 Å². The smallest absolute Gasteiger partial charge is 0.0320 e. The summed E-state index contributed by atoms with van der Waals surface area (Å²) in [6.07, 6.45) is 2.43. The molecule has 0 saturated heterocycles. The van der Waals surface area contributed by atoms with Crippen LogP contribution in [0, 0.1) is 11.3 Å². The summed E-state index contributed by atoms with van der Waals surface area (Å²) >= 11 is 0. The van der Waals surface area contributed by atoms with Gasteiger partial charge in [0, 0.05) is 6.04 Å². The Morgan fingerprint density at radius 3 is 2.22 bits per heavy atom. The molecule has 0 fully saturated rings. The van der Waals surface area contributed by atoms with Crippen molar-refractivity contribution >= 4 is 0 Å². The summed E-state index contributed by atoms with van der Waals surface area (Å²) < 4.78 is 0. The van der Waals surface area contributed by atoms with Gasteiger partial charge in [-0.15, -0.1) is 0 Å². The summed E-state index contributed by atoms with van der Waals surface area (Å²) in [5.41, 5.74) is 1.79. The van der Waals surface area contributed by atoms with Crippen LogP contribution in [0.25, 0.3) is 0 Å². The molecule has 0 aromatic heterocycles. The van der Waals surface area contributed by atoms with E-state index in [0.29, 0.717) is 17.4 Å². The van der Waals surface area contributed by atoms with Crippen molar-refractivity contribution in [1.29, 1.82) is 0 Å². The minimum atomic E-state index is 0.375. The van der Waals surface area contributed by atoms with E-state index in [-0.39, 0.29) is 0 Å². The van der Waals surface area contributed by atoms with Crippen LogP contribution in [0.15, 0.2) is 30.3 Å². The van der Waals surface area contributed by atoms with E-state index in [9.17, 15) is 0 Å². The molecule has 0 heterocycles. The number of hydrogen-bond donors (Lipinski definition) is 1. The fourth-order valence-corrected chi connectivity index (χ4v) is 1.99. The molecule has 1 N–H and O–H groups in total. The Kier molecular flexibility index (Phi) is 5.87. The van der Waals surface area contributed by atoms with Crippen molar-refractivity contribution in [2.24, 2.45) is 11.3 Å². The molecule has 0 bridgehead atoms. The summed E-state index contributed by atoms with van der Waals surface area (Å²) in [5, 5.41) is 3.74. The lowest BCUT2D eigenvalue weighted by Gasteiger charge is -2.29. The normalized spacial score (nSPS) is 15.4. The molecule has 102 valence electrons. The molecule has 1 heteroatoms. The first-order valence-electron chi connectivity index (χ1n) is 7.23. The van der Waals surface area contributed by atoms with Crippen LogP contribution in [0.4, 0.5) is 0 Å². The second-order valence-corrected chi connectivity index (χ2v) is 6.43. The van der Waals surface area contributed by atoms with Gasteiger partial charge in [-0.05, 0) is 29.9 Å². The van der Waals surface area contributed by atoms with Crippen molar-refractivity contribution in [3.8, 4) is 0 Å². The van der Waals surface area contributed by atoms with Crippen molar-refractivity contribution in [2.45, 2.75) is 53.5 Å². The van der Waals surface area contributed by atoms with Crippen LogP contribution in [0.2, 0.25) is 0 Å². The van der Waals surface area contributed by atoms with Crippen LogP contribution in [0.1, 0.15) is 59.1 Å². The molecule has 1 aromatic rings. The first-order chi connectivity index (χ1) is 8.45. The van der Waals surface area contributed by atoms with Crippen LogP contribution in [0.5, 0.6) is 0 Å². The first kappa shape index (κ1) is 15.2. The lowest BCUT2D eigenvalue weighted by Crippen LogP contribution is -2.32. The van der Waals surface area contributed by atoms with E-state index in [0.717, 1.165) is 6.54 Å². The Balaban J connectivity index is 2.59. The number of nitrogens with one attached hydrogen (secondary N) is 1. The van der Waals surface area contributed by atoms with Crippen LogP contribution in [-0.2, 0) is 0 Å². The van der Waals surface area contributed by atoms with E-state index in [1.807, 2.05) is 0 Å². The van der Waals surface area contributed by atoms with Gasteiger partial charge >= 0.3 is 0 Å². The van der Waals surface area contributed by atoms with Crippen molar-refractivity contribution in [3.05, 3.63) is 35.9 Å². The average molecular weight is 247 g/mol. The largest absolute Gasteiger partial charge is 0.310 e. The third-order valence-corrected chi connectivity index (χ3v) is 3.93. The van der Waals surface area contributed by atoms with Crippen LogP contribution >= 0.6 is 0 Å². The minimum absolute atomic E-state index is 0.375. The number of benzene rings is 1. The highest BCUT2D eigenvalue weighted by molar-refractivity contribution is 5.18. The van der Waals surface area contributed by atoms with Crippen LogP contribution < -0.4 is 5.32 Å². The predicted molar refractivity (Wildman–Crippen MR) is 80.7 cm³/mol. The van der Waals surface area contributed by atoms with Crippen molar-refractivity contribution < 1.29 is 0 Å². The second kappa shape index (κ2) is 6.94. The Hall–Kier alpha value is -0.820. The molecule has 0 radical (unpaired) electrons. The molecular formula is C17H29N. The third kappa shape index (κ3) is 4.81. The molecule has 0 aliphatic carbocycles. The summed E-state index contributed by atoms with van der Waals surface area (Å²) in [4.78, 5) is 0. The van der Waals surface area contributed by atoms with Gasteiger partial charge < -0.3 is 5.32 Å². The zero-order valence-electron chi connectivity index (χ0n) is 12.7. The molecule has 2 atom stereocenters. The van der Waals surface area contributed by atoms with E-state index in [4.69, 9.17) is 0 Å². The fourth-order valence-electron chi connectivity index (χ4n) is 1.99. The monoisotopic (exact) mass is 247 g/mol. The second-order valence-electron chi connectivity index (χ2n) is 6.43. The highest BCUT2D eigenvalue weighted by atomic mass is 14.9. The molecule has 1 nitrogen and oxygen atoms in total. The summed E-state index contributed by atoms with van der Waals surface area (Å²) in [5.74, 6) is 0.681. The first-order valence-corrected chi connectivity index (χ1v) is 7.23. The van der Waals surface area contributed by atoms with Crippen molar-refractivity contribution in [1.82, 2.24) is 5.32 Å². The fraction of sp³-hybridized carbons (Fsp3) is 0.647. The quantitative estimate of drug-likeness (QED) is 0.761. The lowest BCUT2D eigenvalue weighted by atomic mass is 9.82. The third-order valence-electron chi connectivity index (χ3n) is 3.93. The predicted octanol–water partition coefficient (Wildman–Crippen LogP) is 4.80. The molecule has 18 heavy (non-hydrogen) atoms. The maximum atomic E-state index is 3.74. The highest BCUT2D eigenvalue weighted by Gasteiger charge is 2.21. The van der Waals surface area contributed by atoms with Crippen LogP contribution in [0.3, 0.4) is 0 Å². The van der Waals surface area contributed by atoms with Gasteiger partial charge in [0.05, 0.1) is 0 Å².